The zero-order valence-corrected chi connectivity index (χ0v) is 17.3. The van der Waals surface area contributed by atoms with Crippen molar-refractivity contribution in [3.63, 3.8) is 0 Å². The average Bonchev–Trinajstić information content (AvgIpc) is 3.12. The van der Waals surface area contributed by atoms with E-state index in [0.29, 0.717) is 40.4 Å². The summed E-state index contributed by atoms with van der Waals surface area (Å²) in [6, 6.07) is 7.03. The molecule has 3 heterocycles. The Kier molecular flexibility index (Phi) is 5.38. The number of fused-ring (bicyclic) bond motifs is 1. The largest absolute Gasteiger partial charge is 0.352 e. The van der Waals surface area contributed by atoms with Crippen molar-refractivity contribution < 1.29 is 9.59 Å². The molecule has 7 nitrogen and oxygen atoms in total. The van der Waals surface area contributed by atoms with E-state index in [1.54, 1.807) is 23.1 Å². The molecule has 29 heavy (non-hydrogen) atoms. The molecule has 1 aliphatic heterocycles. The second-order valence-electron chi connectivity index (χ2n) is 7.18. The van der Waals surface area contributed by atoms with E-state index < -0.39 is 0 Å². The summed E-state index contributed by atoms with van der Waals surface area (Å²) in [6.07, 6.45) is 1.42. The smallest absolute Gasteiger partial charge is 0.262 e. The molecule has 1 aromatic carbocycles. The predicted molar refractivity (Wildman–Crippen MR) is 112 cm³/mol. The molecule has 3 aromatic rings. The van der Waals surface area contributed by atoms with Gasteiger partial charge in [-0.3, -0.25) is 19.0 Å². The monoisotopic (exact) mass is 430 g/mol. The number of benzene rings is 1. The number of aromatic nitrogens is 2. The molecule has 0 unspecified atom stereocenters. The summed E-state index contributed by atoms with van der Waals surface area (Å²) in [4.78, 5) is 43.7. The van der Waals surface area contributed by atoms with Crippen molar-refractivity contribution in [2.45, 2.75) is 13.5 Å². The van der Waals surface area contributed by atoms with Crippen molar-refractivity contribution in [2.24, 2.45) is 5.92 Å². The first-order chi connectivity index (χ1) is 13.9. The van der Waals surface area contributed by atoms with Gasteiger partial charge in [0.25, 0.3) is 11.5 Å². The summed E-state index contributed by atoms with van der Waals surface area (Å²) in [6.45, 7) is 3.44. The Balaban J connectivity index is 1.28. The molecule has 0 saturated carbocycles. The first-order valence-corrected chi connectivity index (χ1v) is 10.4. The summed E-state index contributed by atoms with van der Waals surface area (Å²) in [5, 5.41) is 5.64. The number of amides is 2. The quantitative estimate of drug-likeness (QED) is 0.673. The van der Waals surface area contributed by atoms with Gasteiger partial charge in [-0.2, -0.15) is 0 Å². The van der Waals surface area contributed by atoms with Gasteiger partial charge >= 0.3 is 0 Å². The maximum Gasteiger partial charge on any atom is 0.262 e. The van der Waals surface area contributed by atoms with E-state index in [-0.39, 0.29) is 29.8 Å². The van der Waals surface area contributed by atoms with Crippen molar-refractivity contribution in [1.29, 1.82) is 0 Å². The molecule has 1 aliphatic rings. The zero-order valence-electron chi connectivity index (χ0n) is 15.7. The molecular weight excluding hydrogens is 412 g/mol. The third-order valence-corrected chi connectivity index (χ3v) is 6.12. The topological polar surface area (TPSA) is 84.3 Å². The molecule has 0 spiro atoms. The molecular formula is C20H19ClN4O3S. The molecule has 0 atom stereocenters. The van der Waals surface area contributed by atoms with Gasteiger partial charge < -0.3 is 10.2 Å². The van der Waals surface area contributed by atoms with Gasteiger partial charge in [0.15, 0.2) is 0 Å². The van der Waals surface area contributed by atoms with Crippen LogP contribution in [0.15, 0.2) is 40.8 Å². The van der Waals surface area contributed by atoms with E-state index >= 15 is 0 Å². The highest BCUT2D eigenvalue weighted by Gasteiger charge is 2.31. The lowest BCUT2D eigenvalue weighted by Gasteiger charge is -2.39. The van der Waals surface area contributed by atoms with Crippen molar-refractivity contribution >= 4 is 45.0 Å². The lowest BCUT2D eigenvalue weighted by atomic mass is 10.00. The summed E-state index contributed by atoms with van der Waals surface area (Å²) < 4.78 is 1.34. The second-order valence-corrected chi connectivity index (χ2v) is 8.48. The maximum absolute atomic E-state index is 12.4. The van der Waals surface area contributed by atoms with Crippen molar-refractivity contribution in [3.8, 4) is 0 Å². The van der Waals surface area contributed by atoms with E-state index in [4.69, 9.17) is 11.6 Å². The van der Waals surface area contributed by atoms with Crippen LogP contribution < -0.4 is 10.9 Å². The number of halogens is 1. The fourth-order valence-corrected chi connectivity index (χ4v) is 4.34. The summed E-state index contributed by atoms with van der Waals surface area (Å²) in [7, 11) is 0. The third kappa shape index (κ3) is 4.04. The number of carbonyl (C=O) groups is 2. The van der Waals surface area contributed by atoms with Gasteiger partial charge in [0.2, 0.25) is 5.91 Å². The van der Waals surface area contributed by atoms with Crippen LogP contribution in [0.5, 0.6) is 0 Å². The lowest BCUT2D eigenvalue weighted by Crippen LogP contribution is -2.54. The van der Waals surface area contributed by atoms with Gasteiger partial charge in [-0.15, -0.1) is 11.3 Å². The van der Waals surface area contributed by atoms with Crippen LogP contribution in [0.3, 0.4) is 0 Å². The van der Waals surface area contributed by atoms with Crippen LogP contribution in [0.4, 0.5) is 0 Å². The van der Waals surface area contributed by atoms with E-state index in [9.17, 15) is 14.4 Å². The molecule has 9 heteroatoms. The molecule has 2 aromatic heterocycles. The van der Waals surface area contributed by atoms with E-state index in [1.165, 1.54) is 22.2 Å². The van der Waals surface area contributed by atoms with Gasteiger partial charge in [-0.25, -0.2) is 4.98 Å². The number of likely N-dealkylation sites (tertiary alicyclic amines) is 1. The minimum atomic E-state index is -0.221. The SMILES string of the molecule is Cc1ccc(C(=O)NCC2CN(C(=O)Cn3cnc4sccc4c3=O)C2)c(Cl)c1. The number of thiophene rings is 1. The lowest BCUT2D eigenvalue weighted by molar-refractivity contribution is -0.138. The van der Waals surface area contributed by atoms with Gasteiger partial charge in [0.1, 0.15) is 11.4 Å². The van der Waals surface area contributed by atoms with Crippen LogP contribution >= 0.6 is 22.9 Å². The summed E-state index contributed by atoms with van der Waals surface area (Å²) in [5.41, 5.74) is 1.23. The number of nitrogens with zero attached hydrogens (tertiary/aromatic N) is 3. The van der Waals surface area contributed by atoms with Crippen LogP contribution in [-0.4, -0.2) is 45.9 Å². The number of nitrogens with one attached hydrogen (secondary N) is 1. The Labute approximate surface area is 175 Å². The van der Waals surface area contributed by atoms with Crippen LogP contribution in [-0.2, 0) is 11.3 Å². The van der Waals surface area contributed by atoms with Crippen LogP contribution in [0, 0.1) is 12.8 Å². The van der Waals surface area contributed by atoms with Gasteiger partial charge in [0.05, 0.1) is 22.3 Å². The molecule has 0 bridgehead atoms. The summed E-state index contributed by atoms with van der Waals surface area (Å²) in [5.74, 6) is -0.171. The number of hydrogen-bond donors (Lipinski definition) is 1. The Bertz CT molecular complexity index is 1150. The number of carbonyl (C=O) groups excluding carboxylic acids is 2. The Morgan fingerprint density at radius 2 is 2.10 bits per heavy atom. The highest BCUT2D eigenvalue weighted by molar-refractivity contribution is 7.16. The van der Waals surface area contributed by atoms with Gasteiger partial charge in [-0.1, -0.05) is 17.7 Å². The Hall–Kier alpha value is -2.71. The van der Waals surface area contributed by atoms with Crippen molar-refractivity contribution in [3.05, 3.63) is 62.5 Å². The van der Waals surface area contributed by atoms with Crippen molar-refractivity contribution in [1.82, 2.24) is 19.8 Å². The van der Waals surface area contributed by atoms with Crippen LogP contribution in [0.1, 0.15) is 15.9 Å². The van der Waals surface area contributed by atoms with E-state index in [2.05, 4.69) is 10.3 Å². The minimum absolute atomic E-state index is 0.0321. The molecule has 1 fully saturated rings. The molecule has 150 valence electrons. The third-order valence-electron chi connectivity index (χ3n) is 4.99. The van der Waals surface area contributed by atoms with E-state index in [0.717, 1.165) is 5.56 Å². The predicted octanol–water partition coefficient (Wildman–Crippen LogP) is 2.31. The highest BCUT2D eigenvalue weighted by atomic mass is 35.5. The fraction of sp³-hybridized carbons (Fsp3) is 0.300. The molecule has 4 rings (SSSR count). The van der Waals surface area contributed by atoms with Crippen LogP contribution in [0.2, 0.25) is 5.02 Å². The zero-order chi connectivity index (χ0) is 20.5. The minimum Gasteiger partial charge on any atom is -0.352 e. The van der Waals surface area contributed by atoms with Gasteiger partial charge in [0, 0.05) is 25.6 Å². The van der Waals surface area contributed by atoms with Crippen LogP contribution in [0.25, 0.3) is 10.2 Å². The summed E-state index contributed by atoms with van der Waals surface area (Å²) >= 11 is 7.52. The molecule has 1 N–H and O–H groups in total. The molecule has 2 amide bonds. The van der Waals surface area contributed by atoms with E-state index in [1.807, 2.05) is 18.4 Å². The Morgan fingerprint density at radius 3 is 2.86 bits per heavy atom. The fourth-order valence-electron chi connectivity index (χ4n) is 3.29. The molecule has 0 aliphatic carbocycles. The molecule has 1 saturated heterocycles. The number of rotatable bonds is 5. The first-order valence-electron chi connectivity index (χ1n) is 9.17. The maximum atomic E-state index is 12.4. The average molecular weight is 431 g/mol. The number of aryl methyl sites for hydroxylation is 1. The standard InChI is InChI=1S/C20H19ClN4O3S/c1-12-2-3-14(16(21)6-12)18(27)22-7-13-8-24(9-13)17(26)10-25-11-23-19-15(20(25)28)4-5-29-19/h2-6,11,13H,7-10H2,1H3,(H,22,27). The second kappa shape index (κ2) is 7.96. The van der Waals surface area contributed by atoms with Crippen molar-refractivity contribution in [2.75, 3.05) is 19.6 Å². The highest BCUT2D eigenvalue weighted by Crippen LogP contribution is 2.19. The number of hydrogen-bond acceptors (Lipinski definition) is 5. The first kappa shape index (κ1) is 19.6. The normalized spacial score (nSPS) is 14.1. The molecule has 0 radical (unpaired) electrons. The van der Waals surface area contributed by atoms with Gasteiger partial charge in [-0.05, 0) is 36.1 Å². The Morgan fingerprint density at radius 1 is 1.31 bits per heavy atom.